The fraction of sp³-hybridized carbons (Fsp3) is 0.824. The number of hydrogen-bond acceptors (Lipinski definition) is 4. The smallest absolute Gasteiger partial charge is 0.306 e. The number of nitrogens with one attached hydrogen (secondary N) is 2. The van der Waals surface area contributed by atoms with Gasteiger partial charge in [0.05, 0.1) is 13.0 Å². The Morgan fingerprint density at radius 2 is 1.57 bits per heavy atom. The Bertz CT molecular complexity index is 468. The van der Waals surface area contributed by atoms with E-state index in [-0.39, 0.29) is 30.4 Å². The highest BCUT2D eigenvalue weighted by molar-refractivity contribution is 5.86. The molecule has 6 heteroatoms. The zero-order valence-corrected chi connectivity index (χ0v) is 13.7. The van der Waals surface area contributed by atoms with Gasteiger partial charge in [-0.3, -0.25) is 14.4 Å². The van der Waals surface area contributed by atoms with E-state index in [0.29, 0.717) is 6.42 Å². The maximum atomic E-state index is 12.1. The van der Waals surface area contributed by atoms with Crippen molar-refractivity contribution >= 4 is 17.8 Å². The first-order valence-electron chi connectivity index (χ1n) is 8.61. The monoisotopic (exact) mass is 322 g/mol. The SMILES string of the molecule is CNC(=O)CNC(=O)COC(=O)CC12CC3CC(CC(C3)C1)C2. The molecule has 0 unspecified atom stereocenters. The summed E-state index contributed by atoms with van der Waals surface area (Å²) < 4.78 is 5.13. The molecular formula is C17H26N2O4. The average molecular weight is 322 g/mol. The van der Waals surface area contributed by atoms with E-state index in [1.165, 1.54) is 26.3 Å². The fourth-order valence-electron chi connectivity index (χ4n) is 5.33. The molecule has 23 heavy (non-hydrogen) atoms. The highest BCUT2D eigenvalue weighted by Crippen LogP contribution is 2.61. The van der Waals surface area contributed by atoms with Crippen molar-refractivity contribution in [2.45, 2.75) is 44.9 Å². The van der Waals surface area contributed by atoms with Crippen LogP contribution in [0, 0.1) is 23.2 Å². The summed E-state index contributed by atoms with van der Waals surface area (Å²) in [6.07, 6.45) is 7.92. The number of hydrogen-bond donors (Lipinski definition) is 2. The van der Waals surface area contributed by atoms with E-state index < -0.39 is 5.91 Å². The predicted octanol–water partition coefficient (Wildman–Crippen LogP) is 0.998. The predicted molar refractivity (Wildman–Crippen MR) is 83.3 cm³/mol. The second-order valence-electron chi connectivity index (χ2n) is 7.70. The maximum Gasteiger partial charge on any atom is 0.306 e. The second-order valence-corrected chi connectivity index (χ2v) is 7.70. The molecule has 0 saturated heterocycles. The molecule has 4 aliphatic carbocycles. The topological polar surface area (TPSA) is 84.5 Å². The summed E-state index contributed by atoms with van der Waals surface area (Å²) in [6.45, 7) is -0.399. The van der Waals surface area contributed by atoms with Gasteiger partial charge >= 0.3 is 5.97 Å². The van der Waals surface area contributed by atoms with Gasteiger partial charge < -0.3 is 15.4 Å². The van der Waals surface area contributed by atoms with Crippen LogP contribution >= 0.6 is 0 Å². The van der Waals surface area contributed by atoms with Gasteiger partial charge in [-0.05, 0) is 61.7 Å². The van der Waals surface area contributed by atoms with Gasteiger partial charge in [-0.15, -0.1) is 0 Å². The molecular weight excluding hydrogens is 296 g/mol. The van der Waals surface area contributed by atoms with Crippen LogP contribution < -0.4 is 10.6 Å². The van der Waals surface area contributed by atoms with Crippen molar-refractivity contribution in [2.75, 3.05) is 20.2 Å². The average Bonchev–Trinajstić information content (AvgIpc) is 2.48. The van der Waals surface area contributed by atoms with Gasteiger partial charge in [0.2, 0.25) is 5.91 Å². The summed E-state index contributed by atoms with van der Waals surface area (Å²) in [5.74, 6) is 1.40. The number of carbonyl (C=O) groups excluding carboxylic acids is 3. The molecule has 2 N–H and O–H groups in total. The Morgan fingerprint density at radius 1 is 1.00 bits per heavy atom. The van der Waals surface area contributed by atoms with E-state index in [0.717, 1.165) is 37.0 Å². The molecule has 6 nitrogen and oxygen atoms in total. The number of esters is 1. The summed E-state index contributed by atoms with van der Waals surface area (Å²) in [7, 11) is 1.50. The molecule has 4 rings (SSSR count). The number of likely N-dealkylation sites (N-methyl/N-ethyl adjacent to an activating group) is 1. The molecule has 0 heterocycles. The lowest BCUT2D eigenvalue weighted by Crippen LogP contribution is -2.47. The number of amides is 2. The van der Waals surface area contributed by atoms with E-state index in [9.17, 15) is 14.4 Å². The van der Waals surface area contributed by atoms with Crippen molar-refractivity contribution in [1.82, 2.24) is 10.6 Å². The van der Waals surface area contributed by atoms with Gasteiger partial charge in [0.25, 0.3) is 5.91 Å². The molecule has 4 bridgehead atoms. The lowest BCUT2D eigenvalue weighted by atomic mass is 9.49. The summed E-state index contributed by atoms with van der Waals surface area (Å²) >= 11 is 0. The molecule has 0 aromatic carbocycles. The van der Waals surface area contributed by atoms with Crippen LogP contribution in [0.4, 0.5) is 0 Å². The first-order chi connectivity index (χ1) is 11.0. The van der Waals surface area contributed by atoms with Gasteiger partial charge in [-0.25, -0.2) is 0 Å². The van der Waals surface area contributed by atoms with Crippen LogP contribution in [0.15, 0.2) is 0 Å². The van der Waals surface area contributed by atoms with E-state index >= 15 is 0 Å². The number of rotatable bonds is 6. The van der Waals surface area contributed by atoms with Gasteiger partial charge in [0, 0.05) is 7.05 Å². The zero-order chi connectivity index (χ0) is 16.4. The molecule has 0 aromatic rings. The van der Waals surface area contributed by atoms with E-state index in [4.69, 9.17) is 4.74 Å². The standard InChI is InChI=1S/C17H26N2O4/c1-18-14(20)9-19-15(21)10-23-16(22)8-17-5-11-2-12(6-17)4-13(3-11)7-17/h11-13H,2-10H2,1H3,(H,18,20)(H,19,21). The Kier molecular flexibility index (Phi) is 4.60. The zero-order valence-electron chi connectivity index (χ0n) is 13.7. The van der Waals surface area contributed by atoms with E-state index in [1.54, 1.807) is 0 Å². The van der Waals surface area contributed by atoms with Crippen LogP contribution in [-0.2, 0) is 19.1 Å². The minimum absolute atomic E-state index is 0.0954. The van der Waals surface area contributed by atoms with Crippen molar-refractivity contribution in [2.24, 2.45) is 23.2 Å². The third kappa shape index (κ3) is 3.85. The van der Waals surface area contributed by atoms with Gasteiger partial charge in [-0.2, -0.15) is 0 Å². The molecule has 0 radical (unpaired) electrons. The lowest BCUT2D eigenvalue weighted by molar-refractivity contribution is -0.155. The van der Waals surface area contributed by atoms with Crippen LogP contribution in [0.3, 0.4) is 0 Å². The first-order valence-corrected chi connectivity index (χ1v) is 8.61. The normalized spacial score (nSPS) is 34.0. The summed E-state index contributed by atoms with van der Waals surface area (Å²) in [5.41, 5.74) is 0.129. The quantitative estimate of drug-likeness (QED) is 0.715. The van der Waals surface area contributed by atoms with Gasteiger partial charge in [0.15, 0.2) is 6.61 Å². The third-order valence-corrected chi connectivity index (χ3v) is 5.77. The van der Waals surface area contributed by atoms with Crippen molar-refractivity contribution in [3.8, 4) is 0 Å². The molecule has 4 aliphatic rings. The minimum atomic E-state index is -0.438. The summed E-state index contributed by atoms with van der Waals surface area (Å²) in [4.78, 5) is 34.7. The Labute approximate surface area is 136 Å². The van der Waals surface area contributed by atoms with Crippen molar-refractivity contribution in [3.05, 3.63) is 0 Å². The van der Waals surface area contributed by atoms with Crippen molar-refractivity contribution in [3.63, 3.8) is 0 Å². The van der Waals surface area contributed by atoms with Crippen LogP contribution in [-0.4, -0.2) is 38.0 Å². The first kappa shape index (κ1) is 16.3. The molecule has 4 fully saturated rings. The molecule has 0 spiro atoms. The van der Waals surface area contributed by atoms with Crippen LogP contribution in [0.25, 0.3) is 0 Å². The van der Waals surface area contributed by atoms with Crippen LogP contribution in [0.2, 0.25) is 0 Å². The van der Waals surface area contributed by atoms with Crippen molar-refractivity contribution in [1.29, 1.82) is 0 Å². The molecule has 0 aromatic heterocycles. The van der Waals surface area contributed by atoms with E-state index in [2.05, 4.69) is 10.6 Å². The Hall–Kier alpha value is -1.59. The van der Waals surface area contributed by atoms with E-state index in [1.807, 2.05) is 0 Å². The Morgan fingerprint density at radius 3 is 2.09 bits per heavy atom. The van der Waals surface area contributed by atoms with Crippen molar-refractivity contribution < 1.29 is 19.1 Å². The van der Waals surface area contributed by atoms with Gasteiger partial charge in [-0.1, -0.05) is 0 Å². The van der Waals surface area contributed by atoms with Crippen LogP contribution in [0.5, 0.6) is 0 Å². The largest absolute Gasteiger partial charge is 0.456 e. The molecule has 2 amide bonds. The summed E-state index contributed by atoms with van der Waals surface area (Å²) in [5, 5.41) is 4.83. The lowest BCUT2D eigenvalue weighted by Gasteiger charge is -2.56. The molecule has 0 aliphatic heterocycles. The second kappa shape index (κ2) is 6.49. The molecule has 0 atom stereocenters. The van der Waals surface area contributed by atoms with Crippen LogP contribution in [0.1, 0.15) is 44.9 Å². The highest BCUT2D eigenvalue weighted by Gasteiger charge is 2.51. The third-order valence-electron chi connectivity index (χ3n) is 5.77. The number of ether oxygens (including phenoxy) is 1. The highest BCUT2D eigenvalue weighted by atomic mass is 16.5. The molecule has 4 saturated carbocycles. The summed E-state index contributed by atoms with van der Waals surface area (Å²) in [6, 6.07) is 0. The molecule has 128 valence electrons. The Balaban J connectivity index is 1.43. The fourth-order valence-corrected chi connectivity index (χ4v) is 5.33. The van der Waals surface area contributed by atoms with Gasteiger partial charge in [0.1, 0.15) is 0 Å². The number of carbonyl (C=O) groups is 3. The maximum absolute atomic E-state index is 12.1. The minimum Gasteiger partial charge on any atom is -0.456 e.